The van der Waals surface area contributed by atoms with E-state index in [4.69, 9.17) is 16.4 Å². The van der Waals surface area contributed by atoms with E-state index in [1.807, 2.05) is 0 Å². The summed E-state index contributed by atoms with van der Waals surface area (Å²) in [5, 5.41) is 13.1. The molecule has 2 aliphatic rings. The van der Waals surface area contributed by atoms with E-state index in [1.54, 1.807) is 0 Å². The Hall–Kier alpha value is -2.79. The fourth-order valence-corrected chi connectivity index (χ4v) is 4.15. The number of carbonyl (C=O) groups excluding carboxylic acids is 1. The summed E-state index contributed by atoms with van der Waals surface area (Å²) in [5.74, 6) is -1.59. The molecule has 1 aromatic carbocycles. The molecule has 6 nitrogen and oxygen atoms in total. The van der Waals surface area contributed by atoms with Gasteiger partial charge in [-0.15, -0.1) is 0 Å². The number of pyridine rings is 1. The molecule has 1 fully saturated rings. The van der Waals surface area contributed by atoms with E-state index in [9.17, 15) is 27.5 Å². The van der Waals surface area contributed by atoms with Crippen molar-refractivity contribution in [3.05, 3.63) is 64.2 Å². The molecule has 1 N–H and O–H groups in total. The monoisotopic (exact) mass is 503 g/mol. The van der Waals surface area contributed by atoms with Crippen LogP contribution in [0.2, 0.25) is 5.02 Å². The largest absolute Gasteiger partial charge is 0.435 e. The first-order valence-electron chi connectivity index (χ1n) is 10.1. The molecule has 3 heterocycles. The van der Waals surface area contributed by atoms with Gasteiger partial charge in [0.25, 0.3) is 11.5 Å². The van der Waals surface area contributed by atoms with Crippen LogP contribution < -0.4 is 0 Å². The number of halogens is 6. The minimum atomic E-state index is -4.95. The molecule has 0 spiro atoms. The number of alkyl halides is 4. The molecule has 1 atom stereocenters. The molecule has 0 radical (unpaired) electrons. The maximum Gasteiger partial charge on any atom is 0.435 e. The number of nitrogens with zero attached hydrogens (tertiary/aromatic N) is 3. The van der Waals surface area contributed by atoms with Gasteiger partial charge in [-0.1, -0.05) is 16.8 Å². The molecule has 4 rings (SSSR count). The topological polar surface area (TPSA) is 75.0 Å². The molecule has 12 heteroatoms. The third-order valence-electron chi connectivity index (χ3n) is 5.76. The molecule has 0 saturated carbocycles. The predicted molar refractivity (Wildman–Crippen MR) is 111 cm³/mol. The van der Waals surface area contributed by atoms with Crippen molar-refractivity contribution in [2.24, 2.45) is 5.16 Å². The van der Waals surface area contributed by atoms with E-state index in [0.29, 0.717) is 6.07 Å². The highest BCUT2D eigenvalue weighted by molar-refractivity contribution is 6.30. The van der Waals surface area contributed by atoms with Gasteiger partial charge < -0.3 is 14.8 Å². The Labute approximate surface area is 196 Å². The Balaban J connectivity index is 1.54. The average molecular weight is 504 g/mol. The van der Waals surface area contributed by atoms with Crippen molar-refractivity contribution in [2.45, 2.75) is 43.3 Å². The standard InChI is InChI=1S/C22H19ClF5N3O3/c1-19(2,33)18(32)31-10-20(25,11-31)17-4-3-12(9-29-17)16-8-21(34-30-16,22(26,27)28)13-5-14(23)7-15(24)6-13/h3-7,9,33H,8,10-11H2,1-2H3. The van der Waals surface area contributed by atoms with Crippen LogP contribution in [-0.2, 0) is 20.9 Å². The lowest BCUT2D eigenvalue weighted by Gasteiger charge is -2.45. The predicted octanol–water partition coefficient (Wildman–Crippen LogP) is 4.23. The van der Waals surface area contributed by atoms with Crippen molar-refractivity contribution in [1.82, 2.24) is 9.88 Å². The Bertz CT molecular complexity index is 1140. The highest BCUT2D eigenvalue weighted by Gasteiger charge is 2.62. The Morgan fingerprint density at radius 3 is 2.41 bits per heavy atom. The zero-order valence-corrected chi connectivity index (χ0v) is 18.7. The molecule has 1 amide bonds. The van der Waals surface area contributed by atoms with Gasteiger partial charge in [0, 0.05) is 22.3 Å². The third-order valence-corrected chi connectivity index (χ3v) is 5.98. The molecule has 2 aliphatic heterocycles. The van der Waals surface area contributed by atoms with Gasteiger partial charge in [-0.2, -0.15) is 13.2 Å². The van der Waals surface area contributed by atoms with E-state index in [0.717, 1.165) is 23.2 Å². The van der Waals surface area contributed by atoms with Crippen LogP contribution in [0.25, 0.3) is 0 Å². The first-order valence-corrected chi connectivity index (χ1v) is 10.5. The van der Waals surface area contributed by atoms with Gasteiger partial charge in [-0.25, -0.2) is 8.78 Å². The van der Waals surface area contributed by atoms with Gasteiger partial charge in [0.2, 0.25) is 0 Å². The normalized spacial score (nSPS) is 22.1. The lowest BCUT2D eigenvalue weighted by atomic mass is 9.86. The summed E-state index contributed by atoms with van der Waals surface area (Å²) in [6, 6.07) is 5.15. The molecular formula is C22H19ClF5N3O3. The fourth-order valence-electron chi connectivity index (χ4n) is 3.93. The summed E-state index contributed by atoms with van der Waals surface area (Å²) >= 11 is 5.74. The first-order chi connectivity index (χ1) is 15.6. The summed E-state index contributed by atoms with van der Waals surface area (Å²) in [4.78, 5) is 22.0. The maximum atomic E-state index is 15.1. The highest BCUT2D eigenvalue weighted by Crippen LogP contribution is 2.49. The maximum absolute atomic E-state index is 15.1. The van der Waals surface area contributed by atoms with Crippen LogP contribution in [0, 0.1) is 5.82 Å². The lowest BCUT2D eigenvalue weighted by Crippen LogP contribution is -2.62. The van der Waals surface area contributed by atoms with E-state index < -0.39 is 46.8 Å². The van der Waals surface area contributed by atoms with E-state index in [2.05, 4.69) is 10.1 Å². The first kappa shape index (κ1) is 24.3. The van der Waals surface area contributed by atoms with E-state index in [1.165, 1.54) is 26.0 Å². The number of aromatic nitrogens is 1. The molecule has 1 saturated heterocycles. The number of amides is 1. The molecule has 34 heavy (non-hydrogen) atoms. The number of aliphatic hydroxyl groups is 1. The second-order valence-corrected chi connectivity index (χ2v) is 9.34. The quantitative estimate of drug-likeness (QED) is 0.634. The summed E-state index contributed by atoms with van der Waals surface area (Å²) in [6.07, 6.45) is -4.57. The van der Waals surface area contributed by atoms with E-state index in [-0.39, 0.29) is 35.1 Å². The number of carbonyl (C=O) groups is 1. The van der Waals surface area contributed by atoms with Crippen LogP contribution in [0.5, 0.6) is 0 Å². The number of likely N-dealkylation sites (tertiary alicyclic amines) is 1. The minimum Gasteiger partial charge on any atom is -0.381 e. The van der Waals surface area contributed by atoms with Crippen molar-refractivity contribution in [3.63, 3.8) is 0 Å². The zero-order chi connectivity index (χ0) is 25.1. The summed E-state index contributed by atoms with van der Waals surface area (Å²) < 4.78 is 71.0. The van der Waals surface area contributed by atoms with Crippen LogP contribution >= 0.6 is 11.6 Å². The molecular weight excluding hydrogens is 485 g/mol. The molecule has 1 unspecified atom stereocenters. The second kappa shape index (κ2) is 7.88. The van der Waals surface area contributed by atoms with Gasteiger partial charge >= 0.3 is 6.18 Å². The number of hydrogen-bond acceptors (Lipinski definition) is 5. The van der Waals surface area contributed by atoms with Gasteiger partial charge in [0.05, 0.1) is 30.9 Å². The van der Waals surface area contributed by atoms with Gasteiger partial charge in [-0.3, -0.25) is 9.78 Å². The molecule has 0 aliphatic carbocycles. The second-order valence-electron chi connectivity index (χ2n) is 8.91. The highest BCUT2D eigenvalue weighted by atomic mass is 35.5. The van der Waals surface area contributed by atoms with Crippen molar-refractivity contribution in [2.75, 3.05) is 13.1 Å². The Morgan fingerprint density at radius 1 is 1.21 bits per heavy atom. The van der Waals surface area contributed by atoms with Crippen molar-refractivity contribution in [3.8, 4) is 0 Å². The summed E-state index contributed by atoms with van der Waals surface area (Å²) in [5.41, 5.74) is -7.06. The van der Waals surface area contributed by atoms with Crippen LogP contribution in [0.4, 0.5) is 22.0 Å². The SMILES string of the molecule is CC(C)(O)C(=O)N1CC(F)(c2ccc(C3=NOC(c4cc(F)cc(Cl)c4)(C(F)(F)F)C3)cn2)C1. The van der Waals surface area contributed by atoms with Crippen molar-refractivity contribution >= 4 is 23.2 Å². The van der Waals surface area contributed by atoms with Crippen LogP contribution in [0.3, 0.4) is 0 Å². The van der Waals surface area contributed by atoms with Gasteiger partial charge in [-0.05, 0) is 44.2 Å². The summed E-state index contributed by atoms with van der Waals surface area (Å²) in [7, 11) is 0. The molecule has 2 aromatic rings. The zero-order valence-electron chi connectivity index (χ0n) is 18.0. The lowest BCUT2D eigenvalue weighted by molar-refractivity contribution is -0.275. The van der Waals surface area contributed by atoms with Crippen LogP contribution in [-0.4, -0.2) is 51.5 Å². The van der Waals surface area contributed by atoms with Crippen LogP contribution in [0.1, 0.15) is 37.1 Å². The number of rotatable bonds is 4. The van der Waals surface area contributed by atoms with Gasteiger partial charge in [0.1, 0.15) is 11.4 Å². The van der Waals surface area contributed by atoms with Crippen LogP contribution in [0.15, 0.2) is 41.7 Å². The van der Waals surface area contributed by atoms with Gasteiger partial charge in [0.15, 0.2) is 5.67 Å². The molecule has 0 bridgehead atoms. The Morgan fingerprint density at radius 2 is 1.88 bits per heavy atom. The van der Waals surface area contributed by atoms with Crippen molar-refractivity contribution < 1.29 is 36.7 Å². The third kappa shape index (κ3) is 4.11. The molecule has 1 aromatic heterocycles. The smallest absolute Gasteiger partial charge is 0.381 e. The minimum absolute atomic E-state index is 0.0189. The molecule has 182 valence electrons. The number of oxime groups is 1. The fraction of sp³-hybridized carbons (Fsp3) is 0.409. The van der Waals surface area contributed by atoms with E-state index >= 15 is 4.39 Å². The average Bonchev–Trinajstić information content (AvgIpc) is 3.16. The number of benzene rings is 1. The Kier molecular flexibility index (Phi) is 5.64. The van der Waals surface area contributed by atoms with Crippen molar-refractivity contribution in [1.29, 1.82) is 0 Å². The summed E-state index contributed by atoms with van der Waals surface area (Å²) in [6.45, 7) is 1.96. The number of hydrogen-bond donors (Lipinski definition) is 1.